The van der Waals surface area contributed by atoms with Crippen LogP contribution in [0.3, 0.4) is 0 Å². The second-order valence-electron chi connectivity index (χ2n) is 3.80. The van der Waals surface area contributed by atoms with Crippen LogP contribution in [-0.4, -0.2) is 34.0 Å². The highest BCUT2D eigenvalue weighted by atomic mass is 35.5. The van der Waals surface area contributed by atoms with Crippen molar-refractivity contribution in [2.45, 2.75) is 11.4 Å². The van der Waals surface area contributed by atoms with Crippen LogP contribution >= 0.6 is 23.4 Å². The Bertz CT molecular complexity index is 538. The van der Waals surface area contributed by atoms with Gasteiger partial charge in [0.15, 0.2) is 0 Å². The molecule has 0 aliphatic heterocycles. The molecule has 0 amide bonds. The van der Waals surface area contributed by atoms with Gasteiger partial charge in [0.25, 0.3) is 0 Å². The highest BCUT2D eigenvalue weighted by molar-refractivity contribution is 7.98. The molecule has 0 unspecified atom stereocenters. The van der Waals surface area contributed by atoms with E-state index >= 15 is 0 Å². The van der Waals surface area contributed by atoms with E-state index in [2.05, 4.69) is 10.0 Å². The lowest BCUT2D eigenvalue weighted by atomic mass is 10.2. The van der Waals surface area contributed by atoms with E-state index in [4.69, 9.17) is 11.6 Å². The Kier molecular flexibility index (Phi) is 6.55. The zero-order valence-corrected chi connectivity index (χ0v) is 13.1. The molecule has 1 aromatic rings. The molecule has 0 heterocycles. The molecular weight excluding hydrogens is 311 g/mol. The molecule has 0 radical (unpaired) electrons. The molecule has 0 aliphatic carbocycles. The number of hydrogen-bond acceptors (Lipinski definition) is 4. The highest BCUT2D eigenvalue weighted by Crippen LogP contribution is 2.24. The van der Waals surface area contributed by atoms with Crippen LogP contribution in [0.5, 0.6) is 0 Å². The summed E-state index contributed by atoms with van der Waals surface area (Å²) in [6, 6.07) is 2.31. The molecule has 0 atom stereocenters. The van der Waals surface area contributed by atoms with Gasteiger partial charge in [0.1, 0.15) is 5.82 Å². The second-order valence-corrected chi connectivity index (χ2v) is 6.93. The van der Waals surface area contributed by atoms with Crippen LogP contribution in [0.25, 0.3) is 0 Å². The molecule has 0 aliphatic rings. The quantitative estimate of drug-likeness (QED) is 0.751. The summed E-state index contributed by atoms with van der Waals surface area (Å²) < 4.78 is 40.0. The standard InChI is InChI=1S/C11H16ClFN2O2S2/c1-14-7-8-5-9(6-10(13)11(8)12)19(16,17)15-3-4-18-2/h5-6,14-15H,3-4,7H2,1-2H3. The number of hydrogen-bond donors (Lipinski definition) is 2. The monoisotopic (exact) mass is 326 g/mol. The first-order chi connectivity index (χ1) is 8.92. The number of thioether (sulfide) groups is 1. The predicted molar refractivity (Wildman–Crippen MR) is 77.7 cm³/mol. The number of benzene rings is 1. The van der Waals surface area contributed by atoms with E-state index in [1.165, 1.54) is 17.8 Å². The summed E-state index contributed by atoms with van der Waals surface area (Å²) in [5, 5.41) is 2.76. The van der Waals surface area contributed by atoms with Crippen LogP contribution in [0.2, 0.25) is 5.02 Å². The van der Waals surface area contributed by atoms with Crippen LogP contribution in [0, 0.1) is 5.82 Å². The molecule has 0 saturated carbocycles. The minimum absolute atomic E-state index is 0.0580. The molecule has 4 nitrogen and oxygen atoms in total. The average molecular weight is 327 g/mol. The van der Waals surface area contributed by atoms with Crippen molar-refractivity contribution in [2.75, 3.05) is 25.6 Å². The van der Waals surface area contributed by atoms with Gasteiger partial charge < -0.3 is 5.32 Å². The normalized spacial score (nSPS) is 11.8. The van der Waals surface area contributed by atoms with Crippen molar-refractivity contribution in [3.63, 3.8) is 0 Å². The average Bonchev–Trinajstić information content (AvgIpc) is 2.35. The molecule has 19 heavy (non-hydrogen) atoms. The molecule has 0 bridgehead atoms. The van der Waals surface area contributed by atoms with Crippen molar-refractivity contribution in [3.8, 4) is 0 Å². The molecule has 0 saturated heterocycles. The van der Waals surface area contributed by atoms with Gasteiger partial charge in [-0.25, -0.2) is 17.5 Å². The number of nitrogens with one attached hydrogen (secondary N) is 2. The summed E-state index contributed by atoms with van der Waals surface area (Å²) in [7, 11) is -2.03. The van der Waals surface area contributed by atoms with Crippen molar-refractivity contribution in [2.24, 2.45) is 0 Å². The summed E-state index contributed by atoms with van der Waals surface area (Å²) in [6.07, 6.45) is 1.88. The fraction of sp³-hybridized carbons (Fsp3) is 0.455. The lowest BCUT2D eigenvalue weighted by molar-refractivity contribution is 0.579. The van der Waals surface area contributed by atoms with E-state index < -0.39 is 15.8 Å². The van der Waals surface area contributed by atoms with Crippen molar-refractivity contribution in [3.05, 3.63) is 28.5 Å². The van der Waals surface area contributed by atoms with Crippen molar-refractivity contribution >= 4 is 33.4 Å². The fourth-order valence-electron chi connectivity index (χ4n) is 1.45. The molecule has 2 N–H and O–H groups in total. The lowest BCUT2D eigenvalue weighted by Gasteiger charge is -2.10. The zero-order valence-electron chi connectivity index (χ0n) is 10.7. The highest BCUT2D eigenvalue weighted by Gasteiger charge is 2.18. The first kappa shape index (κ1) is 16.7. The molecule has 0 fully saturated rings. The Labute approximate surface area is 122 Å². The number of sulfonamides is 1. The van der Waals surface area contributed by atoms with Gasteiger partial charge in [0, 0.05) is 18.8 Å². The smallest absolute Gasteiger partial charge is 0.240 e. The van der Waals surface area contributed by atoms with Gasteiger partial charge in [0.05, 0.1) is 9.92 Å². The molecule has 0 aromatic heterocycles. The van der Waals surface area contributed by atoms with Crippen LogP contribution in [0.15, 0.2) is 17.0 Å². The van der Waals surface area contributed by atoms with Crippen LogP contribution in [-0.2, 0) is 16.6 Å². The summed E-state index contributed by atoms with van der Waals surface area (Å²) >= 11 is 7.31. The maximum atomic E-state index is 13.6. The Morgan fingerprint density at radius 3 is 2.68 bits per heavy atom. The Hall–Kier alpha value is -0.340. The van der Waals surface area contributed by atoms with Gasteiger partial charge in [-0.05, 0) is 31.0 Å². The molecule has 1 rings (SSSR count). The summed E-state index contributed by atoms with van der Waals surface area (Å²) in [5.74, 6) is -0.0850. The van der Waals surface area contributed by atoms with Crippen molar-refractivity contribution < 1.29 is 12.8 Å². The second kappa shape index (κ2) is 7.44. The largest absolute Gasteiger partial charge is 0.316 e. The summed E-state index contributed by atoms with van der Waals surface area (Å²) in [5.41, 5.74) is 0.411. The third kappa shape index (κ3) is 4.61. The van der Waals surface area contributed by atoms with E-state index in [9.17, 15) is 12.8 Å². The third-order valence-corrected chi connectivity index (χ3v) is 4.83. The van der Waals surface area contributed by atoms with Crippen molar-refractivity contribution in [1.29, 1.82) is 0 Å². The SMILES string of the molecule is CNCc1cc(S(=O)(=O)NCCSC)cc(F)c1Cl. The zero-order chi connectivity index (χ0) is 14.5. The molecule has 108 valence electrons. The summed E-state index contributed by atoms with van der Waals surface area (Å²) in [4.78, 5) is -0.110. The number of rotatable bonds is 7. The maximum absolute atomic E-state index is 13.6. The fourth-order valence-corrected chi connectivity index (χ4v) is 3.16. The van der Waals surface area contributed by atoms with Crippen molar-refractivity contribution in [1.82, 2.24) is 10.0 Å². The predicted octanol–water partition coefficient (Wildman–Crippen LogP) is 1.84. The minimum atomic E-state index is -3.70. The third-order valence-electron chi connectivity index (χ3n) is 2.35. The van der Waals surface area contributed by atoms with E-state index in [0.29, 0.717) is 24.4 Å². The van der Waals surface area contributed by atoms with E-state index in [-0.39, 0.29) is 9.92 Å². The Morgan fingerprint density at radius 1 is 1.42 bits per heavy atom. The van der Waals surface area contributed by atoms with Gasteiger partial charge in [-0.3, -0.25) is 0 Å². The van der Waals surface area contributed by atoms with E-state index in [1.54, 1.807) is 7.05 Å². The van der Waals surface area contributed by atoms with Gasteiger partial charge in [0.2, 0.25) is 10.0 Å². The van der Waals surface area contributed by atoms with Gasteiger partial charge in [-0.2, -0.15) is 11.8 Å². The first-order valence-corrected chi connectivity index (χ1v) is 8.79. The topological polar surface area (TPSA) is 58.2 Å². The van der Waals surface area contributed by atoms with Gasteiger partial charge in [-0.15, -0.1) is 0 Å². The van der Waals surface area contributed by atoms with E-state index in [0.717, 1.165) is 6.07 Å². The van der Waals surface area contributed by atoms with Crippen LogP contribution in [0.4, 0.5) is 4.39 Å². The molecule has 8 heteroatoms. The first-order valence-electron chi connectivity index (χ1n) is 5.53. The Balaban J connectivity index is 3.06. The van der Waals surface area contributed by atoms with Crippen LogP contribution < -0.4 is 10.0 Å². The molecule has 0 spiro atoms. The number of halogens is 2. The minimum Gasteiger partial charge on any atom is -0.316 e. The van der Waals surface area contributed by atoms with Gasteiger partial charge in [-0.1, -0.05) is 11.6 Å². The molecular formula is C11H16ClFN2O2S2. The molecule has 1 aromatic carbocycles. The lowest BCUT2D eigenvalue weighted by Crippen LogP contribution is -2.26. The van der Waals surface area contributed by atoms with E-state index in [1.807, 2.05) is 6.26 Å². The summed E-state index contributed by atoms with van der Waals surface area (Å²) in [6.45, 7) is 0.596. The maximum Gasteiger partial charge on any atom is 0.240 e. The van der Waals surface area contributed by atoms with Gasteiger partial charge >= 0.3 is 0 Å². The Morgan fingerprint density at radius 2 is 2.11 bits per heavy atom. The van der Waals surface area contributed by atoms with Crippen LogP contribution in [0.1, 0.15) is 5.56 Å².